The quantitative estimate of drug-likeness (QED) is 0.155. The van der Waals surface area contributed by atoms with Crippen LogP contribution in [0.2, 0.25) is 0 Å². The van der Waals surface area contributed by atoms with Crippen LogP contribution < -0.4 is 14.4 Å². The van der Waals surface area contributed by atoms with E-state index in [2.05, 4.69) is 21.2 Å². The van der Waals surface area contributed by atoms with Crippen LogP contribution in [-0.2, 0) is 32.6 Å². The van der Waals surface area contributed by atoms with Crippen LogP contribution in [0.4, 0.5) is 10.1 Å². The fourth-order valence-electron chi connectivity index (χ4n) is 4.87. The van der Waals surface area contributed by atoms with Gasteiger partial charge in [-0.1, -0.05) is 71.4 Å². The van der Waals surface area contributed by atoms with Crippen LogP contribution in [0.1, 0.15) is 31.4 Å². The standard InChI is InChI=1S/C35H37BrFN3O5S/c1-3-22-38-35(42)33(23-26-10-6-5-7-11-26)39(24-27-12-8-9-13-32(27)37)34(41)25-40(29-16-18-30(19-17-29)45-4-2)46(43,44)31-20-14-28(36)15-21-31/h5-21,33H,3-4,22-25H2,1-2H3,(H,38,42). The first-order valence-electron chi connectivity index (χ1n) is 15.0. The van der Waals surface area contributed by atoms with Gasteiger partial charge in [-0.3, -0.25) is 13.9 Å². The lowest BCUT2D eigenvalue weighted by Crippen LogP contribution is -2.53. The molecule has 0 heterocycles. The number of carbonyl (C=O) groups excluding carboxylic acids is 2. The summed E-state index contributed by atoms with van der Waals surface area (Å²) in [6, 6.07) is 26.6. The molecular weight excluding hydrogens is 673 g/mol. The van der Waals surface area contributed by atoms with Crippen LogP contribution in [0.25, 0.3) is 0 Å². The van der Waals surface area contributed by atoms with Crippen molar-refractivity contribution in [2.75, 3.05) is 24.0 Å². The Kier molecular flexibility index (Phi) is 12.3. The molecule has 0 saturated heterocycles. The van der Waals surface area contributed by atoms with Crippen LogP contribution in [0, 0.1) is 5.82 Å². The Morgan fingerprint density at radius 1 is 0.891 bits per heavy atom. The van der Waals surface area contributed by atoms with E-state index in [1.807, 2.05) is 44.2 Å². The smallest absolute Gasteiger partial charge is 0.264 e. The topological polar surface area (TPSA) is 96.0 Å². The molecule has 0 saturated carbocycles. The molecule has 0 bridgehead atoms. The molecule has 0 fully saturated rings. The number of carbonyl (C=O) groups is 2. The Morgan fingerprint density at radius 3 is 2.17 bits per heavy atom. The van der Waals surface area contributed by atoms with Gasteiger partial charge in [-0.15, -0.1) is 0 Å². The molecule has 0 aliphatic carbocycles. The molecule has 1 unspecified atom stereocenters. The van der Waals surface area contributed by atoms with E-state index in [1.165, 1.54) is 23.1 Å². The van der Waals surface area contributed by atoms with Crippen molar-refractivity contribution in [2.24, 2.45) is 0 Å². The minimum atomic E-state index is -4.28. The largest absolute Gasteiger partial charge is 0.494 e. The van der Waals surface area contributed by atoms with E-state index < -0.39 is 40.2 Å². The molecule has 46 heavy (non-hydrogen) atoms. The van der Waals surface area contributed by atoms with Gasteiger partial charge in [0.25, 0.3) is 10.0 Å². The predicted octanol–water partition coefficient (Wildman–Crippen LogP) is 6.35. The third-order valence-corrected chi connectivity index (χ3v) is 9.55. The summed E-state index contributed by atoms with van der Waals surface area (Å²) in [6.45, 7) is 3.65. The highest BCUT2D eigenvalue weighted by atomic mass is 79.9. The number of ether oxygens (including phenoxy) is 1. The number of hydrogen-bond donors (Lipinski definition) is 1. The molecule has 8 nitrogen and oxygen atoms in total. The summed E-state index contributed by atoms with van der Waals surface area (Å²) >= 11 is 3.34. The first-order chi connectivity index (χ1) is 22.1. The van der Waals surface area contributed by atoms with Crippen molar-refractivity contribution in [1.82, 2.24) is 10.2 Å². The molecule has 4 rings (SSSR count). The molecule has 242 valence electrons. The van der Waals surface area contributed by atoms with E-state index in [0.717, 1.165) is 9.87 Å². The van der Waals surface area contributed by atoms with Crippen LogP contribution in [-0.4, -0.2) is 50.9 Å². The summed E-state index contributed by atoms with van der Waals surface area (Å²) in [7, 11) is -4.28. The number of rotatable bonds is 15. The molecule has 0 spiro atoms. The zero-order valence-electron chi connectivity index (χ0n) is 25.7. The summed E-state index contributed by atoms with van der Waals surface area (Å²) < 4.78 is 50.5. The number of halogens is 2. The van der Waals surface area contributed by atoms with Gasteiger partial charge in [0.15, 0.2) is 0 Å². The maximum atomic E-state index is 15.0. The summed E-state index contributed by atoms with van der Waals surface area (Å²) in [6.07, 6.45) is 0.807. The Labute approximate surface area is 278 Å². The van der Waals surface area contributed by atoms with Gasteiger partial charge in [-0.2, -0.15) is 0 Å². The number of amides is 2. The fourth-order valence-corrected chi connectivity index (χ4v) is 6.55. The van der Waals surface area contributed by atoms with Gasteiger partial charge in [0, 0.05) is 29.5 Å². The Hall–Kier alpha value is -4.22. The highest BCUT2D eigenvalue weighted by Gasteiger charge is 2.35. The number of anilines is 1. The van der Waals surface area contributed by atoms with Crippen molar-refractivity contribution < 1.29 is 27.1 Å². The summed E-state index contributed by atoms with van der Waals surface area (Å²) in [5.74, 6) is -1.10. The minimum absolute atomic E-state index is 0.0282. The van der Waals surface area contributed by atoms with Crippen molar-refractivity contribution in [2.45, 2.75) is 44.2 Å². The molecule has 1 N–H and O–H groups in total. The average molecular weight is 711 g/mol. The SMILES string of the molecule is CCCNC(=O)C(Cc1ccccc1)N(Cc1ccccc1F)C(=O)CN(c1ccc(OCC)cc1)S(=O)(=O)c1ccc(Br)cc1. The molecule has 1 atom stereocenters. The maximum absolute atomic E-state index is 15.0. The van der Waals surface area contributed by atoms with E-state index >= 15 is 4.39 Å². The number of benzene rings is 4. The lowest BCUT2D eigenvalue weighted by molar-refractivity contribution is -0.140. The van der Waals surface area contributed by atoms with Crippen LogP contribution in [0.3, 0.4) is 0 Å². The Balaban J connectivity index is 1.80. The van der Waals surface area contributed by atoms with Crippen molar-refractivity contribution in [1.29, 1.82) is 0 Å². The Bertz CT molecular complexity index is 1700. The van der Waals surface area contributed by atoms with Gasteiger partial charge < -0.3 is 15.0 Å². The molecule has 0 radical (unpaired) electrons. The molecule has 11 heteroatoms. The van der Waals surface area contributed by atoms with Crippen molar-refractivity contribution in [3.05, 3.63) is 125 Å². The molecule has 4 aromatic rings. The van der Waals surface area contributed by atoms with E-state index in [9.17, 15) is 18.0 Å². The van der Waals surface area contributed by atoms with Crippen LogP contribution in [0.5, 0.6) is 5.75 Å². The first-order valence-corrected chi connectivity index (χ1v) is 17.2. The fraction of sp³-hybridized carbons (Fsp3) is 0.257. The lowest BCUT2D eigenvalue weighted by atomic mass is 10.0. The third-order valence-electron chi connectivity index (χ3n) is 7.24. The molecule has 4 aromatic carbocycles. The van der Waals surface area contributed by atoms with E-state index in [1.54, 1.807) is 54.6 Å². The summed E-state index contributed by atoms with van der Waals surface area (Å²) in [4.78, 5) is 29.4. The maximum Gasteiger partial charge on any atom is 0.264 e. The van der Waals surface area contributed by atoms with Crippen LogP contribution in [0.15, 0.2) is 112 Å². The van der Waals surface area contributed by atoms with E-state index in [-0.39, 0.29) is 29.1 Å². The van der Waals surface area contributed by atoms with Gasteiger partial charge in [0.2, 0.25) is 11.8 Å². The van der Waals surface area contributed by atoms with Gasteiger partial charge in [-0.25, -0.2) is 12.8 Å². The zero-order chi connectivity index (χ0) is 33.1. The summed E-state index contributed by atoms with van der Waals surface area (Å²) in [5, 5.41) is 2.88. The first kappa shape index (κ1) is 34.6. The van der Waals surface area contributed by atoms with Gasteiger partial charge in [0.05, 0.1) is 17.2 Å². The molecule has 0 aromatic heterocycles. The van der Waals surface area contributed by atoms with Crippen molar-refractivity contribution in [3.63, 3.8) is 0 Å². The number of nitrogens with zero attached hydrogens (tertiary/aromatic N) is 2. The highest BCUT2D eigenvalue weighted by Crippen LogP contribution is 2.28. The predicted molar refractivity (Wildman–Crippen MR) is 180 cm³/mol. The minimum Gasteiger partial charge on any atom is -0.494 e. The number of nitrogens with one attached hydrogen (secondary N) is 1. The monoisotopic (exact) mass is 709 g/mol. The molecule has 0 aliphatic heterocycles. The summed E-state index contributed by atoms with van der Waals surface area (Å²) in [5.41, 5.74) is 1.21. The molecule has 0 aliphatic rings. The van der Waals surface area contributed by atoms with E-state index in [0.29, 0.717) is 29.8 Å². The number of sulfonamides is 1. The molecule has 2 amide bonds. The van der Waals surface area contributed by atoms with E-state index in [4.69, 9.17) is 4.74 Å². The zero-order valence-corrected chi connectivity index (χ0v) is 28.1. The average Bonchev–Trinajstić information content (AvgIpc) is 3.06. The highest BCUT2D eigenvalue weighted by molar-refractivity contribution is 9.10. The lowest BCUT2D eigenvalue weighted by Gasteiger charge is -2.34. The molecular formula is C35H37BrFN3O5S. The van der Waals surface area contributed by atoms with Crippen LogP contribution >= 0.6 is 15.9 Å². The number of hydrogen-bond acceptors (Lipinski definition) is 5. The van der Waals surface area contributed by atoms with Crippen molar-refractivity contribution in [3.8, 4) is 5.75 Å². The van der Waals surface area contributed by atoms with Gasteiger partial charge in [-0.05, 0) is 73.5 Å². The Morgan fingerprint density at radius 2 is 1.54 bits per heavy atom. The second-order valence-corrected chi connectivity index (χ2v) is 13.3. The third kappa shape index (κ3) is 8.95. The van der Waals surface area contributed by atoms with Crippen molar-refractivity contribution >= 4 is 43.5 Å². The second-order valence-electron chi connectivity index (χ2n) is 10.5. The normalized spacial score (nSPS) is 11.8. The van der Waals surface area contributed by atoms with Gasteiger partial charge >= 0.3 is 0 Å². The second kappa shape index (κ2) is 16.4. The van der Waals surface area contributed by atoms with Gasteiger partial charge in [0.1, 0.15) is 24.2 Å².